The lowest BCUT2D eigenvalue weighted by Gasteiger charge is -2.44. The molecule has 3 aromatic carbocycles. The molecule has 2 unspecified atom stereocenters. The maximum atomic E-state index is 14.8. The third-order valence-corrected chi connectivity index (χ3v) is 7.66. The Bertz CT molecular complexity index is 1390. The number of para-hydroxylation sites is 1. The van der Waals surface area contributed by atoms with E-state index in [1.165, 1.54) is 0 Å². The van der Waals surface area contributed by atoms with Crippen molar-refractivity contribution in [2.75, 3.05) is 5.32 Å². The molecule has 0 radical (unpaired) electrons. The van der Waals surface area contributed by atoms with Crippen molar-refractivity contribution >= 4 is 23.6 Å². The van der Waals surface area contributed by atoms with Crippen LogP contribution in [0.1, 0.15) is 81.8 Å². The minimum atomic E-state index is -0.982. The van der Waals surface area contributed by atoms with E-state index in [0.717, 1.165) is 27.9 Å². The molecule has 3 aromatic rings. The molecule has 0 fully saturated rings. The molecule has 0 heterocycles. The molecule has 43 heavy (non-hydrogen) atoms. The van der Waals surface area contributed by atoms with Crippen molar-refractivity contribution in [2.45, 2.75) is 98.4 Å². The molecule has 230 valence electrons. The molecule has 0 aliphatic rings. The van der Waals surface area contributed by atoms with E-state index in [2.05, 4.69) is 10.6 Å². The zero-order valence-corrected chi connectivity index (χ0v) is 27.1. The van der Waals surface area contributed by atoms with Gasteiger partial charge in [-0.25, -0.2) is 4.79 Å². The van der Waals surface area contributed by atoms with Gasteiger partial charge in [-0.1, -0.05) is 85.3 Å². The second kappa shape index (κ2) is 13.9. The molecule has 7 nitrogen and oxygen atoms in total. The monoisotopic (exact) mass is 585 g/mol. The van der Waals surface area contributed by atoms with E-state index in [0.29, 0.717) is 12.0 Å². The van der Waals surface area contributed by atoms with Crippen LogP contribution in [0.25, 0.3) is 0 Å². The van der Waals surface area contributed by atoms with E-state index in [1.54, 1.807) is 25.7 Å². The van der Waals surface area contributed by atoms with Crippen LogP contribution < -0.4 is 10.6 Å². The number of hydrogen-bond donors (Lipinski definition) is 2. The molecule has 7 heteroatoms. The first-order chi connectivity index (χ1) is 20.1. The number of amides is 3. The Hall–Kier alpha value is -4.13. The third kappa shape index (κ3) is 8.93. The normalized spacial score (nSPS) is 13.0. The molecule has 0 bridgehead atoms. The predicted octanol–water partition coefficient (Wildman–Crippen LogP) is 7.44. The van der Waals surface area contributed by atoms with Gasteiger partial charge in [0, 0.05) is 17.6 Å². The van der Waals surface area contributed by atoms with Gasteiger partial charge in [0.05, 0.1) is 0 Å². The second-order valence-electron chi connectivity index (χ2n) is 12.8. The van der Waals surface area contributed by atoms with Gasteiger partial charge >= 0.3 is 6.09 Å². The molecular weight excluding hydrogens is 538 g/mol. The molecule has 2 N–H and O–H groups in total. The van der Waals surface area contributed by atoms with E-state index in [1.807, 2.05) is 114 Å². The fourth-order valence-corrected chi connectivity index (χ4v) is 4.98. The first-order valence-corrected chi connectivity index (χ1v) is 14.9. The minimum Gasteiger partial charge on any atom is -0.444 e. The maximum absolute atomic E-state index is 14.8. The van der Waals surface area contributed by atoms with Gasteiger partial charge in [-0.3, -0.25) is 9.59 Å². The van der Waals surface area contributed by atoms with Crippen LogP contribution in [0.3, 0.4) is 0 Å². The van der Waals surface area contributed by atoms with Crippen molar-refractivity contribution in [3.8, 4) is 0 Å². The first-order valence-electron chi connectivity index (χ1n) is 14.9. The molecule has 2 atom stereocenters. The van der Waals surface area contributed by atoms with Crippen molar-refractivity contribution in [2.24, 2.45) is 0 Å². The number of hydrogen-bond acceptors (Lipinski definition) is 4. The highest BCUT2D eigenvalue weighted by atomic mass is 16.6. The Labute approximate surface area is 257 Å². The van der Waals surface area contributed by atoms with Gasteiger partial charge in [-0.15, -0.1) is 0 Å². The van der Waals surface area contributed by atoms with E-state index < -0.39 is 29.3 Å². The maximum Gasteiger partial charge on any atom is 0.408 e. The average molecular weight is 586 g/mol. The summed E-state index contributed by atoms with van der Waals surface area (Å²) in [5.41, 5.74) is 3.67. The predicted molar refractivity (Wildman–Crippen MR) is 173 cm³/mol. The lowest BCUT2D eigenvalue weighted by molar-refractivity contribution is -0.147. The Morgan fingerprint density at radius 2 is 1.40 bits per heavy atom. The third-order valence-electron chi connectivity index (χ3n) is 7.66. The second-order valence-corrected chi connectivity index (χ2v) is 12.8. The highest BCUT2D eigenvalue weighted by Gasteiger charge is 2.43. The standard InChI is InChI=1S/C36H47N3O4/c1-10-36(8,9)39(33(41)29(23-27-17-12-11-13-18-27)37-34(42)43-35(5,6)7)31(28-21-19-24(2)20-22-28)32(40)38-30-25(3)15-14-16-26(30)4/h11-22,29,31H,10,23H2,1-9H3,(H,37,42)(H,38,40). The Kier molecular flexibility index (Phi) is 10.8. The van der Waals surface area contributed by atoms with Crippen LogP contribution in [0.5, 0.6) is 0 Å². The quantitative estimate of drug-likeness (QED) is 0.259. The Morgan fingerprint density at radius 1 is 0.814 bits per heavy atom. The average Bonchev–Trinajstić information content (AvgIpc) is 2.93. The van der Waals surface area contributed by atoms with Crippen molar-refractivity contribution in [3.63, 3.8) is 0 Å². The molecule has 0 spiro atoms. The zero-order valence-electron chi connectivity index (χ0n) is 27.1. The van der Waals surface area contributed by atoms with E-state index >= 15 is 0 Å². The van der Waals surface area contributed by atoms with Gasteiger partial charge in [0.2, 0.25) is 5.91 Å². The van der Waals surface area contributed by atoms with Gasteiger partial charge in [0.15, 0.2) is 0 Å². The Morgan fingerprint density at radius 3 is 1.93 bits per heavy atom. The molecule has 0 saturated carbocycles. The summed E-state index contributed by atoms with van der Waals surface area (Å²) in [7, 11) is 0. The van der Waals surface area contributed by atoms with E-state index in [9.17, 15) is 14.4 Å². The Balaban J connectivity index is 2.16. The van der Waals surface area contributed by atoms with Gasteiger partial charge in [-0.05, 0) is 84.1 Å². The van der Waals surface area contributed by atoms with Crippen LogP contribution in [0.2, 0.25) is 0 Å². The van der Waals surface area contributed by atoms with Crippen LogP contribution >= 0.6 is 0 Å². The summed E-state index contributed by atoms with van der Waals surface area (Å²) in [6, 6.07) is 21.1. The molecule has 3 rings (SSSR count). The van der Waals surface area contributed by atoms with Gasteiger partial charge in [0.25, 0.3) is 5.91 Å². The topological polar surface area (TPSA) is 87.7 Å². The van der Waals surface area contributed by atoms with Crippen molar-refractivity contribution in [3.05, 3.63) is 101 Å². The van der Waals surface area contributed by atoms with Crippen LogP contribution in [0.4, 0.5) is 10.5 Å². The summed E-state index contributed by atoms with van der Waals surface area (Å²) in [5.74, 6) is -0.698. The lowest BCUT2D eigenvalue weighted by atomic mass is 9.90. The SMILES string of the molecule is CCC(C)(C)N(C(=O)C(Cc1ccccc1)NC(=O)OC(C)(C)C)C(C(=O)Nc1c(C)cccc1C)c1ccc(C)cc1. The molecule has 0 aromatic heterocycles. The zero-order chi connectivity index (χ0) is 31.9. The largest absolute Gasteiger partial charge is 0.444 e. The summed E-state index contributed by atoms with van der Waals surface area (Å²) in [4.78, 5) is 43.9. The fraction of sp³-hybridized carbons (Fsp3) is 0.417. The lowest BCUT2D eigenvalue weighted by Crippen LogP contribution is -2.59. The van der Waals surface area contributed by atoms with Crippen molar-refractivity contribution in [1.82, 2.24) is 10.2 Å². The summed E-state index contributed by atoms with van der Waals surface area (Å²) in [6.45, 7) is 17.1. The number of benzene rings is 3. The molecule has 3 amide bonds. The number of carbonyl (C=O) groups is 3. The number of anilines is 1. The van der Waals surface area contributed by atoms with Gasteiger partial charge in [-0.2, -0.15) is 0 Å². The number of nitrogens with zero attached hydrogens (tertiary/aromatic N) is 1. The van der Waals surface area contributed by atoms with Crippen LogP contribution in [-0.4, -0.2) is 40.0 Å². The highest BCUT2D eigenvalue weighted by Crippen LogP contribution is 2.34. The summed E-state index contributed by atoms with van der Waals surface area (Å²) < 4.78 is 5.56. The minimum absolute atomic E-state index is 0.231. The van der Waals surface area contributed by atoms with Crippen LogP contribution in [-0.2, 0) is 20.7 Å². The van der Waals surface area contributed by atoms with E-state index in [-0.39, 0.29) is 18.2 Å². The molecule has 0 saturated heterocycles. The molecular formula is C36H47N3O4. The van der Waals surface area contributed by atoms with Gasteiger partial charge < -0.3 is 20.3 Å². The number of carbonyl (C=O) groups excluding carboxylic acids is 3. The number of ether oxygens (including phenoxy) is 1. The molecule has 0 aliphatic heterocycles. The summed E-state index contributed by atoms with van der Waals surface area (Å²) in [6.07, 6.45) is 0.110. The van der Waals surface area contributed by atoms with Crippen LogP contribution in [0.15, 0.2) is 72.8 Å². The first kappa shape index (κ1) is 33.4. The van der Waals surface area contributed by atoms with Crippen molar-refractivity contribution < 1.29 is 19.1 Å². The number of rotatable bonds is 10. The number of alkyl carbamates (subject to hydrolysis) is 1. The van der Waals surface area contributed by atoms with Gasteiger partial charge in [0.1, 0.15) is 17.7 Å². The fourth-order valence-electron chi connectivity index (χ4n) is 4.98. The summed E-state index contributed by atoms with van der Waals surface area (Å²) >= 11 is 0. The van der Waals surface area contributed by atoms with E-state index in [4.69, 9.17) is 4.74 Å². The number of aryl methyl sites for hydroxylation is 3. The van der Waals surface area contributed by atoms with Crippen molar-refractivity contribution in [1.29, 1.82) is 0 Å². The van der Waals surface area contributed by atoms with Crippen LogP contribution in [0, 0.1) is 20.8 Å². The highest BCUT2D eigenvalue weighted by molar-refractivity contribution is 6.00. The number of nitrogens with one attached hydrogen (secondary N) is 2. The molecule has 0 aliphatic carbocycles. The smallest absolute Gasteiger partial charge is 0.408 e. The summed E-state index contributed by atoms with van der Waals surface area (Å²) in [5, 5.41) is 5.98.